The zero-order chi connectivity index (χ0) is 12.1. The molecule has 0 radical (unpaired) electrons. The van der Waals surface area contributed by atoms with E-state index < -0.39 is 0 Å². The number of hydrogen-bond acceptors (Lipinski definition) is 4. The molecule has 18 heavy (non-hydrogen) atoms. The predicted octanol–water partition coefficient (Wildman–Crippen LogP) is 1.45. The van der Waals surface area contributed by atoms with Crippen LogP contribution in [0.4, 0.5) is 0 Å². The predicted molar refractivity (Wildman–Crippen MR) is 75.9 cm³/mol. The second kappa shape index (κ2) is 7.61. The highest BCUT2D eigenvalue weighted by Crippen LogP contribution is 2.31. The Bertz CT molecular complexity index is 373. The Kier molecular flexibility index (Phi) is 6.46. The summed E-state index contributed by atoms with van der Waals surface area (Å²) < 4.78 is 0. The number of hydrogen-bond donors (Lipinski definition) is 2. The molecule has 1 aromatic rings. The zero-order valence-electron chi connectivity index (χ0n) is 10.0. The summed E-state index contributed by atoms with van der Waals surface area (Å²) in [6.07, 6.45) is 5.87. The number of nitrogens with one attached hydrogen (secondary N) is 1. The smallest absolute Gasteiger partial charge is 0.230 e. The summed E-state index contributed by atoms with van der Waals surface area (Å²) in [5.74, 6) is 1.10. The maximum Gasteiger partial charge on any atom is 0.230 e. The Labute approximate surface area is 118 Å². The third-order valence-electron chi connectivity index (χ3n) is 2.78. The number of nitrogens with two attached hydrogens (primary N) is 1. The summed E-state index contributed by atoms with van der Waals surface area (Å²) in [5.41, 5.74) is 5.90. The molecule has 6 heteroatoms. The molecule has 0 bridgehead atoms. The van der Waals surface area contributed by atoms with Gasteiger partial charge in [0.15, 0.2) is 0 Å². The summed E-state index contributed by atoms with van der Waals surface area (Å²) in [6, 6.07) is 3.92. The van der Waals surface area contributed by atoms with Gasteiger partial charge in [-0.25, -0.2) is 0 Å². The maximum absolute atomic E-state index is 11.6. The number of halogens is 1. The molecule has 1 fully saturated rings. The van der Waals surface area contributed by atoms with E-state index in [1.54, 1.807) is 12.4 Å². The molecule has 100 valence electrons. The summed E-state index contributed by atoms with van der Waals surface area (Å²) in [4.78, 5) is 16.5. The van der Waals surface area contributed by atoms with E-state index in [1.807, 2.05) is 12.1 Å². The molecule has 0 aromatic carbocycles. The van der Waals surface area contributed by atoms with E-state index in [0.717, 1.165) is 4.90 Å². The molecule has 1 aliphatic carbocycles. The first-order valence-corrected chi connectivity index (χ1v) is 6.79. The molecule has 1 unspecified atom stereocenters. The Morgan fingerprint density at radius 2 is 2.17 bits per heavy atom. The van der Waals surface area contributed by atoms with Crippen molar-refractivity contribution >= 4 is 30.1 Å². The van der Waals surface area contributed by atoms with Gasteiger partial charge in [-0.1, -0.05) is 0 Å². The van der Waals surface area contributed by atoms with Crippen LogP contribution in [0, 0.1) is 5.92 Å². The van der Waals surface area contributed by atoms with Crippen LogP contribution in [0.15, 0.2) is 29.4 Å². The van der Waals surface area contributed by atoms with Crippen molar-refractivity contribution in [3.8, 4) is 0 Å². The molecular formula is C12H18ClN3OS. The van der Waals surface area contributed by atoms with Crippen molar-refractivity contribution in [2.24, 2.45) is 11.7 Å². The van der Waals surface area contributed by atoms with Gasteiger partial charge in [0, 0.05) is 29.9 Å². The second-order valence-electron chi connectivity index (χ2n) is 4.28. The molecule has 1 saturated carbocycles. The second-order valence-corrected chi connectivity index (χ2v) is 5.33. The first-order valence-electron chi connectivity index (χ1n) is 5.81. The van der Waals surface area contributed by atoms with E-state index >= 15 is 0 Å². The number of carbonyl (C=O) groups excluding carboxylic acids is 1. The lowest BCUT2D eigenvalue weighted by Crippen LogP contribution is -2.39. The Balaban J connectivity index is 0.00000162. The third kappa shape index (κ3) is 5.25. The number of amides is 1. The highest BCUT2D eigenvalue weighted by molar-refractivity contribution is 8.00. The van der Waals surface area contributed by atoms with Crippen LogP contribution in [0.25, 0.3) is 0 Å². The molecule has 1 atom stereocenters. The van der Waals surface area contributed by atoms with Crippen LogP contribution in [0.1, 0.15) is 12.8 Å². The van der Waals surface area contributed by atoms with Crippen molar-refractivity contribution in [3.63, 3.8) is 0 Å². The van der Waals surface area contributed by atoms with E-state index in [0.29, 0.717) is 18.2 Å². The number of aromatic nitrogens is 1. The first-order chi connectivity index (χ1) is 8.25. The van der Waals surface area contributed by atoms with E-state index in [1.165, 1.54) is 24.6 Å². The van der Waals surface area contributed by atoms with Gasteiger partial charge < -0.3 is 11.1 Å². The normalized spacial score (nSPS) is 15.6. The fourth-order valence-corrected chi connectivity index (χ4v) is 2.27. The van der Waals surface area contributed by atoms with Crippen LogP contribution < -0.4 is 11.1 Å². The van der Waals surface area contributed by atoms with Crippen LogP contribution in [-0.2, 0) is 4.79 Å². The lowest BCUT2D eigenvalue weighted by molar-refractivity contribution is -0.118. The van der Waals surface area contributed by atoms with Gasteiger partial charge in [0.1, 0.15) is 0 Å². The van der Waals surface area contributed by atoms with E-state index in [-0.39, 0.29) is 24.4 Å². The average Bonchev–Trinajstić information content (AvgIpc) is 3.19. The lowest BCUT2D eigenvalue weighted by Gasteiger charge is -2.11. The number of rotatable bonds is 6. The van der Waals surface area contributed by atoms with E-state index in [2.05, 4.69) is 10.3 Å². The van der Waals surface area contributed by atoms with E-state index in [4.69, 9.17) is 5.73 Å². The minimum Gasteiger partial charge on any atom is -0.354 e. The van der Waals surface area contributed by atoms with Crippen LogP contribution in [0.2, 0.25) is 0 Å². The monoisotopic (exact) mass is 287 g/mol. The summed E-state index contributed by atoms with van der Waals surface area (Å²) in [6.45, 7) is 0.598. The molecule has 1 heterocycles. The van der Waals surface area contributed by atoms with Crippen molar-refractivity contribution in [3.05, 3.63) is 24.5 Å². The van der Waals surface area contributed by atoms with Crippen molar-refractivity contribution in [1.82, 2.24) is 10.3 Å². The SMILES string of the molecule is Cl.NC(CNC(=O)CSc1ccncc1)C1CC1. The van der Waals surface area contributed by atoms with Gasteiger partial charge in [-0.3, -0.25) is 9.78 Å². The summed E-state index contributed by atoms with van der Waals surface area (Å²) in [5, 5.41) is 2.87. The Morgan fingerprint density at radius 3 is 2.78 bits per heavy atom. The van der Waals surface area contributed by atoms with Gasteiger partial charge in [0.2, 0.25) is 5.91 Å². The van der Waals surface area contributed by atoms with Gasteiger partial charge in [-0.15, -0.1) is 24.2 Å². The third-order valence-corrected chi connectivity index (χ3v) is 3.79. The molecule has 3 N–H and O–H groups in total. The Morgan fingerprint density at radius 1 is 1.50 bits per heavy atom. The minimum atomic E-state index is 0. The standard InChI is InChI=1S/C12H17N3OS.ClH/c13-11(9-1-2-9)7-15-12(16)8-17-10-3-5-14-6-4-10;/h3-6,9,11H,1-2,7-8,13H2,(H,15,16);1H. The Hall–Kier alpha value is -0.780. The lowest BCUT2D eigenvalue weighted by atomic mass is 10.2. The molecule has 4 nitrogen and oxygen atoms in total. The highest BCUT2D eigenvalue weighted by atomic mass is 35.5. The minimum absolute atomic E-state index is 0. The highest BCUT2D eigenvalue weighted by Gasteiger charge is 2.28. The fourth-order valence-electron chi connectivity index (χ4n) is 1.56. The molecule has 1 aliphatic rings. The van der Waals surface area contributed by atoms with Gasteiger partial charge in [-0.05, 0) is 30.9 Å². The zero-order valence-corrected chi connectivity index (χ0v) is 11.7. The molecular weight excluding hydrogens is 270 g/mol. The van der Waals surface area contributed by atoms with Crippen molar-refractivity contribution in [1.29, 1.82) is 0 Å². The van der Waals surface area contributed by atoms with Crippen molar-refractivity contribution in [2.45, 2.75) is 23.8 Å². The quantitative estimate of drug-likeness (QED) is 0.777. The molecule has 1 aromatic heterocycles. The summed E-state index contributed by atoms with van der Waals surface area (Å²) >= 11 is 1.51. The van der Waals surface area contributed by atoms with Gasteiger partial charge in [0.25, 0.3) is 0 Å². The number of carbonyl (C=O) groups is 1. The van der Waals surface area contributed by atoms with Gasteiger partial charge >= 0.3 is 0 Å². The van der Waals surface area contributed by atoms with Crippen molar-refractivity contribution < 1.29 is 4.79 Å². The largest absolute Gasteiger partial charge is 0.354 e. The fraction of sp³-hybridized carbons (Fsp3) is 0.500. The molecule has 0 aliphatic heterocycles. The van der Waals surface area contributed by atoms with Crippen molar-refractivity contribution in [2.75, 3.05) is 12.3 Å². The summed E-state index contributed by atoms with van der Waals surface area (Å²) in [7, 11) is 0. The topological polar surface area (TPSA) is 68.0 Å². The van der Waals surface area contributed by atoms with E-state index in [9.17, 15) is 4.79 Å². The molecule has 1 amide bonds. The molecule has 0 spiro atoms. The number of thioether (sulfide) groups is 1. The average molecular weight is 288 g/mol. The van der Waals surface area contributed by atoms with Gasteiger partial charge in [-0.2, -0.15) is 0 Å². The van der Waals surface area contributed by atoms with Crippen LogP contribution in [0.5, 0.6) is 0 Å². The molecule has 0 saturated heterocycles. The maximum atomic E-state index is 11.6. The van der Waals surface area contributed by atoms with Crippen LogP contribution in [0.3, 0.4) is 0 Å². The molecule has 2 rings (SSSR count). The van der Waals surface area contributed by atoms with Crippen LogP contribution >= 0.6 is 24.2 Å². The van der Waals surface area contributed by atoms with Crippen LogP contribution in [-0.4, -0.2) is 29.2 Å². The van der Waals surface area contributed by atoms with Gasteiger partial charge in [0.05, 0.1) is 5.75 Å². The number of nitrogens with zero attached hydrogens (tertiary/aromatic N) is 1. The first kappa shape index (κ1) is 15.3. The number of pyridine rings is 1.